The summed E-state index contributed by atoms with van der Waals surface area (Å²) in [5.74, 6) is 0.895. The van der Waals surface area contributed by atoms with E-state index in [1.54, 1.807) is 23.9 Å². The van der Waals surface area contributed by atoms with Gasteiger partial charge in [-0.2, -0.15) is 5.10 Å². The second kappa shape index (κ2) is 6.99. The SMILES string of the molecule is CC[C@H](Nc1cnn(-c2ccccc2)c1)C(=O)Nc1cc(C)on1. The highest BCUT2D eigenvalue weighted by Crippen LogP contribution is 2.14. The number of carbonyl (C=O) groups excluding carboxylic acids is 1. The van der Waals surface area contributed by atoms with Crippen LogP contribution in [0.2, 0.25) is 0 Å². The molecule has 3 aromatic rings. The second-order valence-corrected chi connectivity index (χ2v) is 5.43. The fourth-order valence-electron chi connectivity index (χ4n) is 2.31. The summed E-state index contributed by atoms with van der Waals surface area (Å²) in [4.78, 5) is 12.4. The molecule has 2 N–H and O–H groups in total. The number of benzene rings is 1. The molecule has 7 heteroatoms. The molecule has 0 aliphatic rings. The topological polar surface area (TPSA) is 85.0 Å². The Balaban J connectivity index is 1.67. The molecule has 0 spiro atoms. The predicted molar refractivity (Wildman–Crippen MR) is 91.1 cm³/mol. The number of aromatic nitrogens is 3. The van der Waals surface area contributed by atoms with Gasteiger partial charge in [-0.05, 0) is 25.5 Å². The van der Waals surface area contributed by atoms with Crippen LogP contribution >= 0.6 is 0 Å². The maximum absolute atomic E-state index is 12.4. The molecule has 0 saturated carbocycles. The van der Waals surface area contributed by atoms with E-state index in [-0.39, 0.29) is 5.91 Å². The van der Waals surface area contributed by atoms with Gasteiger partial charge in [0.05, 0.1) is 23.8 Å². The average Bonchev–Trinajstić information content (AvgIpc) is 3.22. The molecule has 0 aliphatic carbocycles. The van der Waals surface area contributed by atoms with Gasteiger partial charge < -0.3 is 15.2 Å². The smallest absolute Gasteiger partial charge is 0.248 e. The maximum atomic E-state index is 12.4. The summed E-state index contributed by atoms with van der Waals surface area (Å²) in [5, 5.41) is 14.0. The third-order valence-corrected chi connectivity index (χ3v) is 3.55. The minimum Gasteiger partial charge on any atom is -0.371 e. The minimum atomic E-state index is -0.393. The Morgan fingerprint density at radius 1 is 1.33 bits per heavy atom. The van der Waals surface area contributed by atoms with Crippen LogP contribution in [0.15, 0.2) is 53.3 Å². The lowest BCUT2D eigenvalue weighted by molar-refractivity contribution is -0.117. The van der Waals surface area contributed by atoms with Crippen LogP contribution in [0.4, 0.5) is 11.5 Å². The van der Waals surface area contributed by atoms with E-state index in [0.29, 0.717) is 18.0 Å². The van der Waals surface area contributed by atoms with Gasteiger partial charge in [-0.3, -0.25) is 4.79 Å². The first-order valence-corrected chi connectivity index (χ1v) is 7.76. The fourth-order valence-corrected chi connectivity index (χ4v) is 2.31. The number of nitrogens with zero attached hydrogens (tertiary/aromatic N) is 3. The Morgan fingerprint density at radius 2 is 2.12 bits per heavy atom. The molecule has 124 valence electrons. The Kier molecular flexibility index (Phi) is 4.60. The van der Waals surface area contributed by atoms with Gasteiger partial charge in [0.2, 0.25) is 5.91 Å². The number of carbonyl (C=O) groups is 1. The molecule has 2 heterocycles. The van der Waals surface area contributed by atoms with Crippen LogP contribution in [0.5, 0.6) is 0 Å². The van der Waals surface area contributed by atoms with Gasteiger partial charge in [0.25, 0.3) is 0 Å². The van der Waals surface area contributed by atoms with E-state index in [9.17, 15) is 4.79 Å². The van der Waals surface area contributed by atoms with Crippen LogP contribution in [0.3, 0.4) is 0 Å². The zero-order chi connectivity index (χ0) is 16.9. The summed E-state index contributed by atoms with van der Waals surface area (Å²) in [6.07, 6.45) is 4.17. The van der Waals surface area contributed by atoms with Crippen LogP contribution in [0, 0.1) is 6.92 Å². The second-order valence-electron chi connectivity index (χ2n) is 5.43. The number of para-hydroxylation sites is 1. The van der Waals surface area contributed by atoms with Gasteiger partial charge in [-0.15, -0.1) is 0 Å². The molecule has 0 saturated heterocycles. The predicted octanol–water partition coefficient (Wildman–Crippen LogP) is 3.00. The van der Waals surface area contributed by atoms with Gasteiger partial charge in [-0.1, -0.05) is 30.3 Å². The van der Waals surface area contributed by atoms with E-state index >= 15 is 0 Å². The maximum Gasteiger partial charge on any atom is 0.248 e. The summed E-state index contributed by atoms with van der Waals surface area (Å²) in [5.41, 5.74) is 1.73. The molecular weight excluding hydrogens is 306 g/mol. The summed E-state index contributed by atoms with van der Waals surface area (Å²) >= 11 is 0. The van der Waals surface area contributed by atoms with Crippen molar-refractivity contribution in [2.75, 3.05) is 10.6 Å². The van der Waals surface area contributed by atoms with Crippen molar-refractivity contribution in [3.63, 3.8) is 0 Å². The zero-order valence-corrected chi connectivity index (χ0v) is 13.6. The van der Waals surface area contributed by atoms with Crippen molar-refractivity contribution < 1.29 is 9.32 Å². The monoisotopic (exact) mass is 325 g/mol. The summed E-state index contributed by atoms with van der Waals surface area (Å²) in [7, 11) is 0. The quantitative estimate of drug-likeness (QED) is 0.728. The fraction of sp³-hybridized carbons (Fsp3) is 0.235. The van der Waals surface area contributed by atoms with E-state index in [1.165, 1.54) is 0 Å². The molecule has 0 unspecified atom stereocenters. The third kappa shape index (κ3) is 3.62. The largest absolute Gasteiger partial charge is 0.371 e. The standard InChI is InChI=1S/C17H19N5O2/c1-3-15(17(23)20-16-9-12(2)24-21-16)19-13-10-18-22(11-13)14-7-5-4-6-8-14/h4-11,15,19H,3H2,1-2H3,(H,20,21,23)/t15-/m0/s1. The van der Waals surface area contributed by atoms with E-state index in [2.05, 4.69) is 20.9 Å². The van der Waals surface area contributed by atoms with Gasteiger partial charge in [0.1, 0.15) is 11.8 Å². The molecule has 24 heavy (non-hydrogen) atoms. The molecule has 0 aliphatic heterocycles. The first-order chi connectivity index (χ1) is 11.7. The van der Waals surface area contributed by atoms with Gasteiger partial charge in [0, 0.05) is 6.07 Å². The van der Waals surface area contributed by atoms with Crippen molar-refractivity contribution in [3.05, 3.63) is 54.6 Å². The summed E-state index contributed by atoms with van der Waals surface area (Å²) in [6.45, 7) is 3.71. The third-order valence-electron chi connectivity index (χ3n) is 3.55. The van der Waals surface area contributed by atoms with Crippen molar-refractivity contribution in [2.24, 2.45) is 0 Å². The molecule has 3 rings (SSSR count). The number of hydrogen-bond donors (Lipinski definition) is 2. The normalized spacial score (nSPS) is 11.9. The number of hydrogen-bond acceptors (Lipinski definition) is 5. The molecule has 1 aromatic carbocycles. The molecule has 7 nitrogen and oxygen atoms in total. The highest BCUT2D eigenvalue weighted by molar-refractivity contribution is 5.95. The van der Waals surface area contributed by atoms with E-state index in [4.69, 9.17) is 4.52 Å². The van der Waals surface area contributed by atoms with Gasteiger partial charge in [0.15, 0.2) is 5.82 Å². The van der Waals surface area contributed by atoms with E-state index < -0.39 is 6.04 Å². The molecule has 0 bridgehead atoms. The molecule has 2 aromatic heterocycles. The van der Waals surface area contributed by atoms with Crippen molar-refractivity contribution in [1.82, 2.24) is 14.9 Å². The Labute approximate surface area is 139 Å². The lowest BCUT2D eigenvalue weighted by atomic mass is 10.2. The number of aryl methyl sites for hydroxylation is 1. The van der Waals surface area contributed by atoms with E-state index in [0.717, 1.165) is 11.4 Å². The zero-order valence-electron chi connectivity index (χ0n) is 13.6. The molecule has 0 fully saturated rings. The van der Waals surface area contributed by atoms with Crippen molar-refractivity contribution in [1.29, 1.82) is 0 Å². The Bertz CT molecular complexity index is 809. The molecule has 1 atom stereocenters. The van der Waals surface area contributed by atoms with Crippen molar-refractivity contribution >= 4 is 17.4 Å². The molecular formula is C17H19N5O2. The lowest BCUT2D eigenvalue weighted by Gasteiger charge is -2.15. The highest BCUT2D eigenvalue weighted by atomic mass is 16.5. The lowest BCUT2D eigenvalue weighted by Crippen LogP contribution is -2.34. The van der Waals surface area contributed by atoms with Crippen LogP contribution < -0.4 is 10.6 Å². The number of amides is 1. The van der Waals surface area contributed by atoms with Crippen LogP contribution in [-0.4, -0.2) is 26.9 Å². The Morgan fingerprint density at radius 3 is 2.79 bits per heavy atom. The number of anilines is 2. The Hall–Kier alpha value is -3.09. The first-order valence-electron chi connectivity index (χ1n) is 7.76. The summed E-state index contributed by atoms with van der Waals surface area (Å²) < 4.78 is 6.71. The molecule has 0 radical (unpaired) electrons. The number of nitrogens with one attached hydrogen (secondary N) is 2. The van der Waals surface area contributed by atoms with Crippen LogP contribution in [0.25, 0.3) is 5.69 Å². The van der Waals surface area contributed by atoms with Crippen molar-refractivity contribution in [3.8, 4) is 5.69 Å². The van der Waals surface area contributed by atoms with Crippen LogP contribution in [-0.2, 0) is 4.79 Å². The minimum absolute atomic E-state index is 0.168. The summed E-state index contributed by atoms with van der Waals surface area (Å²) in [6, 6.07) is 11.1. The molecule has 1 amide bonds. The van der Waals surface area contributed by atoms with Gasteiger partial charge in [-0.25, -0.2) is 4.68 Å². The van der Waals surface area contributed by atoms with E-state index in [1.807, 2.05) is 43.5 Å². The average molecular weight is 325 g/mol. The number of rotatable bonds is 6. The first kappa shape index (κ1) is 15.8. The van der Waals surface area contributed by atoms with Gasteiger partial charge >= 0.3 is 0 Å². The van der Waals surface area contributed by atoms with Crippen molar-refractivity contribution in [2.45, 2.75) is 26.3 Å². The highest BCUT2D eigenvalue weighted by Gasteiger charge is 2.18. The van der Waals surface area contributed by atoms with Crippen LogP contribution in [0.1, 0.15) is 19.1 Å².